The second-order valence-electron chi connectivity index (χ2n) is 7.09. The third-order valence-corrected chi connectivity index (χ3v) is 7.90. The van der Waals surface area contributed by atoms with Gasteiger partial charge < -0.3 is 14.4 Å². The van der Waals surface area contributed by atoms with Crippen molar-refractivity contribution in [3.8, 4) is 11.5 Å². The SMILES string of the molecule is COc1ccc(S[C@@H](C)C(=O)N2CCc3cc(S(=O)(=O)N(C)C)ccc32)cc1OC. The van der Waals surface area contributed by atoms with Crippen molar-refractivity contribution in [3.63, 3.8) is 0 Å². The number of sulfonamides is 1. The molecule has 9 heteroatoms. The van der Waals surface area contributed by atoms with Crippen LogP contribution in [0, 0.1) is 0 Å². The molecule has 0 bridgehead atoms. The monoisotopic (exact) mass is 450 g/mol. The maximum Gasteiger partial charge on any atom is 0.242 e. The number of hydrogen-bond donors (Lipinski definition) is 0. The first-order valence-electron chi connectivity index (χ1n) is 9.44. The van der Waals surface area contributed by atoms with E-state index in [2.05, 4.69) is 0 Å². The first kappa shape index (κ1) is 22.5. The molecule has 2 aromatic carbocycles. The zero-order chi connectivity index (χ0) is 22.1. The van der Waals surface area contributed by atoms with Gasteiger partial charge in [-0.15, -0.1) is 11.8 Å². The maximum atomic E-state index is 13.1. The van der Waals surface area contributed by atoms with Gasteiger partial charge in [0.1, 0.15) is 0 Å². The number of benzene rings is 2. The molecule has 7 nitrogen and oxygen atoms in total. The van der Waals surface area contributed by atoms with Crippen LogP contribution in [0.15, 0.2) is 46.2 Å². The van der Waals surface area contributed by atoms with Crippen molar-refractivity contribution in [3.05, 3.63) is 42.0 Å². The molecule has 0 spiro atoms. The molecule has 0 aliphatic carbocycles. The van der Waals surface area contributed by atoms with Crippen molar-refractivity contribution in [2.75, 3.05) is 39.8 Å². The molecular formula is C21H26N2O5S2. The Bertz CT molecular complexity index is 1050. The van der Waals surface area contributed by atoms with Crippen molar-refractivity contribution in [2.24, 2.45) is 0 Å². The van der Waals surface area contributed by atoms with Gasteiger partial charge in [0, 0.05) is 31.2 Å². The van der Waals surface area contributed by atoms with Crippen LogP contribution in [0.5, 0.6) is 11.5 Å². The second kappa shape index (κ2) is 8.87. The maximum absolute atomic E-state index is 13.1. The van der Waals surface area contributed by atoms with E-state index in [1.54, 1.807) is 37.3 Å². The fourth-order valence-electron chi connectivity index (χ4n) is 3.34. The number of fused-ring (bicyclic) bond motifs is 1. The summed E-state index contributed by atoms with van der Waals surface area (Å²) in [5, 5.41) is -0.320. The minimum absolute atomic E-state index is 0.0169. The second-order valence-corrected chi connectivity index (χ2v) is 10.7. The van der Waals surface area contributed by atoms with Gasteiger partial charge in [0.05, 0.1) is 24.4 Å². The predicted molar refractivity (Wildman–Crippen MR) is 118 cm³/mol. The average Bonchev–Trinajstić information content (AvgIpc) is 3.16. The summed E-state index contributed by atoms with van der Waals surface area (Å²) in [6.45, 7) is 2.41. The Balaban J connectivity index is 1.78. The van der Waals surface area contributed by atoms with E-state index < -0.39 is 10.0 Å². The molecule has 0 saturated carbocycles. The highest BCUT2D eigenvalue weighted by molar-refractivity contribution is 8.00. The molecular weight excluding hydrogens is 424 g/mol. The number of amides is 1. The number of carbonyl (C=O) groups excluding carboxylic acids is 1. The van der Waals surface area contributed by atoms with Crippen LogP contribution in [0.2, 0.25) is 0 Å². The lowest BCUT2D eigenvalue weighted by molar-refractivity contribution is -0.117. The molecule has 0 fully saturated rings. The van der Waals surface area contributed by atoms with Gasteiger partial charge in [-0.2, -0.15) is 0 Å². The Labute approximate surface area is 182 Å². The highest BCUT2D eigenvalue weighted by Gasteiger charge is 2.30. The van der Waals surface area contributed by atoms with Crippen LogP contribution in [0.25, 0.3) is 0 Å². The molecule has 0 radical (unpaired) electrons. The number of rotatable bonds is 7. The normalized spacial score (nSPS) is 14.5. The molecule has 0 unspecified atom stereocenters. The molecule has 1 amide bonds. The van der Waals surface area contributed by atoms with Crippen LogP contribution in [0.3, 0.4) is 0 Å². The van der Waals surface area contributed by atoms with Crippen LogP contribution in [-0.2, 0) is 21.2 Å². The predicted octanol–water partition coefficient (Wildman–Crippen LogP) is 3.02. The van der Waals surface area contributed by atoms with E-state index >= 15 is 0 Å². The number of methoxy groups -OCH3 is 2. The fourth-order valence-corrected chi connectivity index (χ4v) is 5.25. The van der Waals surface area contributed by atoms with Gasteiger partial charge in [0.2, 0.25) is 15.9 Å². The summed E-state index contributed by atoms with van der Waals surface area (Å²) in [6.07, 6.45) is 0.631. The third-order valence-electron chi connectivity index (χ3n) is 5.01. The first-order chi connectivity index (χ1) is 14.2. The Morgan fingerprint density at radius 1 is 1.10 bits per heavy atom. The smallest absolute Gasteiger partial charge is 0.242 e. The van der Waals surface area contributed by atoms with Gasteiger partial charge in [-0.1, -0.05) is 0 Å². The molecule has 3 rings (SSSR count). The summed E-state index contributed by atoms with van der Waals surface area (Å²) in [5.74, 6) is 1.23. The fraction of sp³-hybridized carbons (Fsp3) is 0.381. The van der Waals surface area contributed by atoms with Crippen LogP contribution in [-0.4, -0.2) is 58.7 Å². The van der Waals surface area contributed by atoms with E-state index in [1.807, 2.05) is 25.1 Å². The number of ether oxygens (including phenoxy) is 2. The summed E-state index contributed by atoms with van der Waals surface area (Å²) in [6, 6.07) is 10.5. The van der Waals surface area contributed by atoms with Gasteiger partial charge in [-0.25, -0.2) is 12.7 Å². The number of anilines is 1. The first-order valence-corrected chi connectivity index (χ1v) is 11.8. The van der Waals surface area contributed by atoms with Crippen LogP contribution in [0.4, 0.5) is 5.69 Å². The summed E-state index contributed by atoms with van der Waals surface area (Å²) < 4.78 is 36.5. The highest BCUT2D eigenvalue weighted by Crippen LogP contribution is 2.36. The number of nitrogens with zero attached hydrogens (tertiary/aromatic N) is 2. The molecule has 2 aromatic rings. The Morgan fingerprint density at radius 3 is 2.43 bits per heavy atom. The van der Waals surface area contributed by atoms with Crippen molar-refractivity contribution >= 4 is 33.4 Å². The van der Waals surface area contributed by atoms with Crippen LogP contribution >= 0.6 is 11.8 Å². The van der Waals surface area contributed by atoms with Gasteiger partial charge in [0.15, 0.2) is 11.5 Å². The van der Waals surface area contributed by atoms with Crippen molar-refractivity contribution in [2.45, 2.75) is 28.4 Å². The van der Waals surface area contributed by atoms with Crippen molar-refractivity contribution < 1.29 is 22.7 Å². The molecule has 162 valence electrons. The highest BCUT2D eigenvalue weighted by atomic mass is 32.2. The third kappa shape index (κ3) is 4.28. The van der Waals surface area contributed by atoms with E-state index in [4.69, 9.17) is 9.47 Å². The molecule has 0 aromatic heterocycles. The van der Waals surface area contributed by atoms with Gasteiger partial charge in [0.25, 0.3) is 0 Å². The summed E-state index contributed by atoms with van der Waals surface area (Å²) in [7, 11) is 2.67. The van der Waals surface area contributed by atoms with Gasteiger partial charge in [-0.3, -0.25) is 4.79 Å². The standard InChI is InChI=1S/C21H26N2O5S2/c1-14(29-16-6-9-19(27-4)20(13-16)28-5)21(24)23-11-10-15-12-17(7-8-18(15)23)30(25,26)22(2)3/h6-9,12-14H,10-11H2,1-5H3/t14-/m0/s1. The van der Waals surface area contributed by atoms with Crippen molar-refractivity contribution in [1.29, 1.82) is 0 Å². The zero-order valence-electron chi connectivity index (χ0n) is 17.7. The lowest BCUT2D eigenvalue weighted by Gasteiger charge is -2.22. The molecule has 1 aliphatic rings. The van der Waals surface area contributed by atoms with E-state index in [9.17, 15) is 13.2 Å². The zero-order valence-corrected chi connectivity index (χ0v) is 19.3. The van der Waals surface area contributed by atoms with E-state index in [0.29, 0.717) is 24.5 Å². The molecule has 0 saturated heterocycles. The van der Waals surface area contributed by atoms with Crippen LogP contribution < -0.4 is 14.4 Å². The molecule has 1 aliphatic heterocycles. The Kier molecular flexibility index (Phi) is 6.64. The molecule has 1 heterocycles. The summed E-state index contributed by atoms with van der Waals surface area (Å²) in [4.78, 5) is 16.0. The van der Waals surface area contributed by atoms with E-state index in [-0.39, 0.29) is 16.1 Å². The lowest BCUT2D eigenvalue weighted by atomic mass is 10.2. The Hall–Kier alpha value is -2.23. The topological polar surface area (TPSA) is 76.2 Å². The quantitative estimate of drug-likeness (QED) is 0.604. The molecule has 0 N–H and O–H groups in total. The van der Waals surface area contributed by atoms with E-state index in [0.717, 1.165) is 16.1 Å². The number of thioether (sulfide) groups is 1. The Morgan fingerprint density at radius 2 is 1.80 bits per heavy atom. The molecule has 1 atom stereocenters. The van der Waals surface area contributed by atoms with Crippen LogP contribution in [0.1, 0.15) is 12.5 Å². The minimum atomic E-state index is -3.50. The number of carbonyl (C=O) groups is 1. The lowest BCUT2D eigenvalue weighted by Crippen LogP contribution is -2.35. The van der Waals surface area contributed by atoms with Gasteiger partial charge >= 0.3 is 0 Å². The molecule has 30 heavy (non-hydrogen) atoms. The minimum Gasteiger partial charge on any atom is -0.493 e. The largest absolute Gasteiger partial charge is 0.493 e. The number of hydrogen-bond acceptors (Lipinski definition) is 6. The van der Waals surface area contributed by atoms with Crippen molar-refractivity contribution in [1.82, 2.24) is 4.31 Å². The van der Waals surface area contributed by atoms with Gasteiger partial charge in [-0.05, 0) is 55.3 Å². The summed E-state index contributed by atoms with van der Waals surface area (Å²) >= 11 is 1.44. The summed E-state index contributed by atoms with van der Waals surface area (Å²) in [5.41, 5.74) is 1.65. The van der Waals surface area contributed by atoms with E-state index in [1.165, 1.54) is 30.2 Å². The average molecular weight is 451 g/mol.